The van der Waals surface area contributed by atoms with E-state index >= 15 is 0 Å². The molecule has 0 spiro atoms. The zero-order valence-corrected chi connectivity index (χ0v) is 11.6. The van der Waals surface area contributed by atoms with Crippen LogP contribution in [0.5, 0.6) is 0 Å². The fourth-order valence-electron chi connectivity index (χ4n) is 2.54. The Balaban J connectivity index is 2.34. The van der Waals surface area contributed by atoms with Gasteiger partial charge in [-0.15, -0.1) is 0 Å². The van der Waals surface area contributed by atoms with Crippen LogP contribution in [0.3, 0.4) is 0 Å². The minimum absolute atomic E-state index is 0.00523. The Morgan fingerprint density at radius 1 is 1.37 bits per heavy atom. The molecule has 1 fully saturated rings. The fraction of sp³-hybridized carbons (Fsp3) is 0.500. The van der Waals surface area contributed by atoms with Gasteiger partial charge in [-0.2, -0.15) is 0 Å². The van der Waals surface area contributed by atoms with E-state index in [4.69, 9.17) is 22.1 Å². The van der Waals surface area contributed by atoms with Gasteiger partial charge >= 0.3 is 0 Å². The summed E-state index contributed by atoms with van der Waals surface area (Å²) in [5.74, 6) is -0.00523. The van der Waals surface area contributed by atoms with Crippen LogP contribution in [0, 0.1) is 0 Å². The first-order valence-electron chi connectivity index (χ1n) is 6.52. The zero-order chi connectivity index (χ0) is 13.7. The van der Waals surface area contributed by atoms with Crippen molar-refractivity contribution in [1.82, 2.24) is 5.32 Å². The summed E-state index contributed by atoms with van der Waals surface area (Å²) >= 11 is 6.28. The number of carbonyl (C=O) groups excluding carboxylic acids is 1. The third-order valence-corrected chi connectivity index (χ3v) is 3.93. The van der Waals surface area contributed by atoms with Crippen LogP contribution >= 0.6 is 11.6 Å². The van der Waals surface area contributed by atoms with Crippen LogP contribution in [0.15, 0.2) is 24.3 Å². The Hall–Kier alpha value is -1.10. The Morgan fingerprint density at radius 3 is 2.68 bits per heavy atom. The van der Waals surface area contributed by atoms with Crippen molar-refractivity contribution < 1.29 is 9.53 Å². The normalized spacial score (nSPS) is 18.0. The minimum atomic E-state index is -0.592. The predicted octanol–water partition coefficient (Wildman–Crippen LogP) is 1.46. The molecular weight excluding hydrogens is 264 g/mol. The molecule has 1 aliphatic heterocycles. The van der Waals surface area contributed by atoms with Gasteiger partial charge in [0.15, 0.2) is 0 Å². The number of nitrogens with one attached hydrogen (secondary N) is 1. The molecule has 1 aromatic carbocycles. The quantitative estimate of drug-likeness (QED) is 0.879. The van der Waals surface area contributed by atoms with Gasteiger partial charge in [-0.25, -0.2) is 0 Å². The van der Waals surface area contributed by atoms with Gasteiger partial charge < -0.3 is 15.8 Å². The van der Waals surface area contributed by atoms with Crippen molar-refractivity contribution in [3.05, 3.63) is 34.9 Å². The molecule has 1 aliphatic rings. The molecule has 1 amide bonds. The molecule has 1 aromatic rings. The molecule has 104 valence electrons. The third kappa shape index (κ3) is 2.91. The van der Waals surface area contributed by atoms with Gasteiger partial charge in [-0.1, -0.05) is 29.8 Å². The van der Waals surface area contributed by atoms with E-state index in [0.717, 1.165) is 5.56 Å². The van der Waals surface area contributed by atoms with Crippen molar-refractivity contribution >= 4 is 17.5 Å². The molecule has 0 bridgehead atoms. The van der Waals surface area contributed by atoms with Gasteiger partial charge in [0.25, 0.3) is 0 Å². The van der Waals surface area contributed by atoms with Crippen molar-refractivity contribution in [2.45, 2.75) is 18.3 Å². The summed E-state index contributed by atoms with van der Waals surface area (Å²) in [6.45, 7) is 2.05. The number of benzene rings is 1. The molecule has 1 heterocycles. The first-order valence-corrected chi connectivity index (χ1v) is 6.89. The minimum Gasteiger partial charge on any atom is -0.381 e. The fourth-order valence-corrected chi connectivity index (χ4v) is 2.86. The van der Waals surface area contributed by atoms with Crippen molar-refractivity contribution in [2.75, 3.05) is 26.3 Å². The van der Waals surface area contributed by atoms with Crippen LogP contribution in [0.25, 0.3) is 0 Å². The lowest BCUT2D eigenvalue weighted by Gasteiger charge is -2.36. The van der Waals surface area contributed by atoms with Crippen molar-refractivity contribution in [2.24, 2.45) is 5.73 Å². The molecule has 0 aromatic heterocycles. The summed E-state index contributed by atoms with van der Waals surface area (Å²) in [4.78, 5) is 12.6. The summed E-state index contributed by atoms with van der Waals surface area (Å²) in [6, 6.07) is 7.53. The number of carbonyl (C=O) groups is 1. The van der Waals surface area contributed by atoms with Crippen LogP contribution in [0.1, 0.15) is 18.4 Å². The molecule has 2 rings (SSSR count). The average molecular weight is 283 g/mol. The summed E-state index contributed by atoms with van der Waals surface area (Å²) in [6.07, 6.45) is 1.29. The third-order valence-electron chi connectivity index (χ3n) is 3.60. The molecule has 0 saturated carbocycles. The summed E-state index contributed by atoms with van der Waals surface area (Å²) in [5, 5.41) is 3.52. The first-order chi connectivity index (χ1) is 9.20. The molecule has 0 radical (unpaired) electrons. The van der Waals surface area contributed by atoms with Gasteiger partial charge in [-0.05, 0) is 24.5 Å². The second kappa shape index (κ2) is 6.37. The largest absolute Gasteiger partial charge is 0.381 e. The topological polar surface area (TPSA) is 64.3 Å². The SMILES string of the molecule is NCCNC(=O)C1(c2ccccc2Cl)CCOCC1. The Kier molecular flexibility index (Phi) is 4.80. The number of rotatable bonds is 4. The number of hydrogen-bond acceptors (Lipinski definition) is 3. The zero-order valence-electron chi connectivity index (χ0n) is 10.8. The van der Waals surface area contributed by atoms with Gasteiger partial charge in [0.2, 0.25) is 5.91 Å². The summed E-state index contributed by atoms with van der Waals surface area (Å²) < 4.78 is 5.39. The maximum absolute atomic E-state index is 12.6. The molecule has 0 atom stereocenters. The van der Waals surface area contributed by atoms with Crippen LogP contribution < -0.4 is 11.1 Å². The number of ether oxygens (including phenoxy) is 1. The van der Waals surface area contributed by atoms with E-state index in [1.54, 1.807) is 0 Å². The Morgan fingerprint density at radius 2 is 2.05 bits per heavy atom. The van der Waals surface area contributed by atoms with Crippen molar-refractivity contribution in [3.63, 3.8) is 0 Å². The Labute approximate surface area is 118 Å². The van der Waals surface area contributed by atoms with Crippen molar-refractivity contribution in [3.8, 4) is 0 Å². The molecule has 19 heavy (non-hydrogen) atoms. The summed E-state index contributed by atoms with van der Waals surface area (Å²) in [7, 11) is 0. The average Bonchev–Trinajstić information content (AvgIpc) is 2.46. The monoisotopic (exact) mass is 282 g/mol. The number of halogens is 1. The van der Waals surface area contributed by atoms with Crippen molar-refractivity contribution in [1.29, 1.82) is 0 Å². The highest BCUT2D eigenvalue weighted by atomic mass is 35.5. The first kappa shape index (κ1) is 14.3. The number of nitrogens with two attached hydrogens (primary N) is 1. The van der Waals surface area contributed by atoms with E-state index in [1.165, 1.54) is 0 Å². The lowest BCUT2D eigenvalue weighted by molar-refractivity contribution is -0.130. The van der Waals surface area contributed by atoms with Crippen LogP contribution in [0.2, 0.25) is 5.02 Å². The van der Waals surface area contributed by atoms with E-state index in [1.807, 2.05) is 24.3 Å². The lowest BCUT2D eigenvalue weighted by atomic mass is 9.73. The highest BCUT2D eigenvalue weighted by Gasteiger charge is 2.42. The highest BCUT2D eigenvalue weighted by molar-refractivity contribution is 6.31. The van der Waals surface area contributed by atoms with Crippen LogP contribution in [-0.4, -0.2) is 32.2 Å². The molecule has 4 nitrogen and oxygen atoms in total. The van der Waals surface area contributed by atoms with Gasteiger partial charge in [-0.3, -0.25) is 4.79 Å². The molecule has 3 N–H and O–H groups in total. The van der Waals surface area contributed by atoms with Gasteiger partial charge in [0, 0.05) is 31.3 Å². The van der Waals surface area contributed by atoms with Crippen LogP contribution in [-0.2, 0) is 14.9 Å². The number of hydrogen-bond donors (Lipinski definition) is 2. The molecule has 5 heteroatoms. The van der Waals surface area contributed by atoms with E-state index < -0.39 is 5.41 Å². The van der Waals surface area contributed by atoms with E-state index in [0.29, 0.717) is 44.2 Å². The maximum Gasteiger partial charge on any atom is 0.230 e. The standard InChI is InChI=1S/C14H19ClN2O2/c15-12-4-2-1-3-11(12)14(5-9-19-10-6-14)13(18)17-8-7-16/h1-4H,5-10,16H2,(H,17,18). The van der Waals surface area contributed by atoms with Gasteiger partial charge in [0.1, 0.15) is 0 Å². The number of amides is 1. The lowest BCUT2D eigenvalue weighted by Crippen LogP contribution is -2.49. The predicted molar refractivity (Wildman–Crippen MR) is 75.2 cm³/mol. The Bertz CT molecular complexity index is 445. The van der Waals surface area contributed by atoms with Gasteiger partial charge in [0.05, 0.1) is 5.41 Å². The summed E-state index contributed by atoms with van der Waals surface area (Å²) in [5.41, 5.74) is 5.74. The highest BCUT2D eigenvalue weighted by Crippen LogP contribution is 2.38. The maximum atomic E-state index is 12.6. The molecule has 0 aliphatic carbocycles. The van der Waals surface area contributed by atoms with E-state index in [9.17, 15) is 4.79 Å². The molecule has 0 unspecified atom stereocenters. The molecule has 1 saturated heterocycles. The van der Waals surface area contributed by atoms with E-state index in [-0.39, 0.29) is 5.91 Å². The second-order valence-corrected chi connectivity index (χ2v) is 5.13. The molecular formula is C14H19ClN2O2. The van der Waals surface area contributed by atoms with Crippen LogP contribution in [0.4, 0.5) is 0 Å². The van der Waals surface area contributed by atoms with E-state index in [2.05, 4.69) is 5.32 Å². The smallest absolute Gasteiger partial charge is 0.230 e. The second-order valence-electron chi connectivity index (χ2n) is 4.72.